The molecule has 21 heavy (non-hydrogen) atoms. The van der Waals surface area contributed by atoms with E-state index in [1.165, 1.54) is 43.6 Å². The lowest BCUT2D eigenvalue weighted by Crippen LogP contribution is -2.04. The zero-order valence-electron chi connectivity index (χ0n) is 11.9. The fraction of sp³-hybridized carbons (Fsp3) is 0.533. The second-order valence-electron chi connectivity index (χ2n) is 5.14. The van der Waals surface area contributed by atoms with E-state index >= 15 is 0 Å². The molecular formula is C15H21NO3S2. The van der Waals surface area contributed by atoms with Crippen molar-refractivity contribution >= 4 is 33.2 Å². The Morgan fingerprint density at radius 3 is 2.90 bits per heavy atom. The maximum atomic E-state index is 10.9. The summed E-state index contributed by atoms with van der Waals surface area (Å²) < 4.78 is 0. The molecule has 116 valence electrons. The van der Waals surface area contributed by atoms with Crippen LogP contribution in [0.5, 0.6) is 5.75 Å². The van der Waals surface area contributed by atoms with Crippen LogP contribution in [0, 0.1) is 0 Å². The lowest BCUT2D eigenvalue weighted by Gasteiger charge is -2.09. The van der Waals surface area contributed by atoms with Gasteiger partial charge in [-0.3, -0.25) is 0 Å². The topological polar surface area (TPSA) is 69.6 Å². The van der Waals surface area contributed by atoms with E-state index in [-0.39, 0.29) is 11.3 Å². The van der Waals surface area contributed by atoms with Crippen LogP contribution in [0.4, 0.5) is 5.69 Å². The number of carboxylic acids is 1. The number of anilines is 1. The molecule has 0 spiro atoms. The third-order valence-electron chi connectivity index (χ3n) is 3.49. The van der Waals surface area contributed by atoms with Crippen molar-refractivity contribution in [3.8, 4) is 5.75 Å². The quantitative estimate of drug-likeness (QED) is 0.377. The maximum Gasteiger partial charge on any atom is 0.339 e. The molecule has 6 heteroatoms. The van der Waals surface area contributed by atoms with Gasteiger partial charge in [0, 0.05) is 23.2 Å². The summed E-state index contributed by atoms with van der Waals surface area (Å²) in [5.41, 5.74) is 0.684. The molecular weight excluding hydrogens is 306 g/mol. The number of aromatic carboxylic acids is 1. The molecule has 1 saturated heterocycles. The molecule has 1 aliphatic rings. The first kappa shape index (κ1) is 16.4. The zero-order valence-corrected chi connectivity index (χ0v) is 13.5. The molecule has 0 amide bonds. The molecule has 1 atom stereocenters. The zero-order chi connectivity index (χ0) is 15.1. The SMILES string of the molecule is O=C(O)c1cc(NCCCCC[C@@H]2CCSS2)ccc1O. The van der Waals surface area contributed by atoms with Gasteiger partial charge in [0.05, 0.1) is 0 Å². The molecule has 0 aromatic heterocycles. The summed E-state index contributed by atoms with van der Waals surface area (Å²) in [7, 11) is 4.02. The predicted octanol–water partition coefficient (Wildman–Crippen LogP) is 4.22. The average Bonchev–Trinajstić information content (AvgIpc) is 2.97. The monoisotopic (exact) mass is 327 g/mol. The summed E-state index contributed by atoms with van der Waals surface area (Å²) in [6.07, 6.45) is 6.18. The van der Waals surface area contributed by atoms with E-state index in [1.54, 1.807) is 6.07 Å². The number of hydrogen-bond acceptors (Lipinski definition) is 5. The number of rotatable bonds is 8. The van der Waals surface area contributed by atoms with Crippen molar-refractivity contribution in [2.24, 2.45) is 0 Å². The fourth-order valence-corrected chi connectivity index (χ4v) is 5.32. The predicted molar refractivity (Wildman–Crippen MR) is 90.5 cm³/mol. The molecule has 4 nitrogen and oxygen atoms in total. The van der Waals surface area contributed by atoms with Gasteiger partial charge in [-0.15, -0.1) is 0 Å². The largest absolute Gasteiger partial charge is 0.507 e. The van der Waals surface area contributed by atoms with Crippen LogP contribution in [0.15, 0.2) is 18.2 Å². The number of hydrogen-bond donors (Lipinski definition) is 3. The molecule has 2 rings (SSSR count). The van der Waals surface area contributed by atoms with Crippen molar-refractivity contribution in [1.82, 2.24) is 0 Å². The van der Waals surface area contributed by atoms with E-state index in [0.29, 0.717) is 0 Å². The number of carbonyl (C=O) groups is 1. The van der Waals surface area contributed by atoms with Gasteiger partial charge >= 0.3 is 5.97 Å². The molecule has 0 bridgehead atoms. The van der Waals surface area contributed by atoms with Crippen molar-refractivity contribution in [3.05, 3.63) is 23.8 Å². The smallest absolute Gasteiger partial charge is 0.339 e. The van der Waals surface area contributed by atoms with Crippen molar-refractivity contribution in [1.29, 1.82) is 0 Å². The highest BCUT2D eigenvalue weighted by atomic mass is 33.1. The maximum absolute atomic E-state index is 10.9. The van der Waals surface area contributed by atoms with Crippen molar-refractivity contribution in [3.63, 3.8) is 0 Å². The summed E-state index contributed by atoms with van der Waals surface area (Å²) in [4.78, 5) is 10.9. The Morgan fingerprint density at radius 1 is 1.33 bits per heavy atom. The summed E-state index contributed by atoms with van der Waals surface area (Å²) in [5, 5.41) is 22.4. The van der Waals surface area contributed by atoms with E-state index in [9.17, 15) is 9.90 Å². The normalized spacial score (nSPS) is 17.8. The van der Waals surface area contributed by atoms with Gasteiger partial charge in [0.25, 0.3) is 0 Å². The molecule has 1 fully saturated rings. The minimum atomic E-state index is -1.11. The molecule has 1 aliphatic heterocycles. The Kier molecular flexibility index (Phi) is 6.57. The molecule has 0 unspecified atom stereocenters. The highest BCUT2D eigenvalue weighted by molar-refractivity contribution is 8.77. The number of nitrogens with one attached hydrogen (secondary N) is 1. The van der Waals surface area contributed by atoms with Crippen LogP contribution < -0.4 is 5.32 Å². The third-order valence-corrected chi connectivity index (χ3v) is 6.49. The second kappa shape index (κ2) is 8.44. The highest BCUT2D eigenvalue weighted by Crippen LogP contribution is 2.39. The van der Waals surface area contributed by atoms with E-state index < -0.39 is 5.97 Å². The average molecular weight is 327 g/mol. The summed E-state index contributed by atoms with van der Waals surface area (Å²) in [6, 6.07) is 4.60. The van der Waals surface area contributed by atoms with Gasteiger partial charge in [0.15, 0.2) is 0 Å². The lowest BCUT2D eigenvalue weighted by atomic mass is 10.1. The van der Waals surface area contributed by atoms with E-state index in [4.69, 9.17) is 5.11 Å². The molecule has 1 heterocycles. The fourth-order valence-electron chi connectivity index (χ4n) is 2.29. The third kappa shape index (κ3) is 5.36. The van der Waals surface area contributed by atoms with Crippen LogP contribution in [0.25, 0.3) is 0 Å². The van der Waals surface area contributed by atoms with Crippen molar-refractivity contribution < 1.29 is 15.0 Å². The molecule has 3 N–H and O–H groups in total. The van der Waals surface area contributed by atoms with Gasteiger partial charge in [-0.25, -0.2) is 4.79 Å². The van der Waals surface area contributed by atoms with Crippen molar-refractivity contribution in [2.75, 3.05) is 17.6 Å². The van der Waals surface area contributed by atoms with Crippen molar-refractivity contribution in [2.45, 2.75) is 37.4 Å². The minimum absolute atomic E-state index is 0.0595. The molecule has 0 saturated carbocycles. The Hall–Kier alpha value is -1.01. The number of carboxylic acid groups (broad SMARTS) is 1. The number of unbranched alkanes of at least 4 members (excludes halogenated alkanes) is 2. The van der Waals surface area contributed by atoms with Gasteiger partial charge in [-0.05, 0) is 37.5 Å². The standard InChI is InChI=1S/C15H21NO3S2/c17-14-6-5-11(10-13(14)15(18)19)16-8-3-1-2-4-12-7-9-20-21-12/h5-6,10,12,16-17H,1-4,7-9H2,(H,18,19)/t12-/m1/s1. The van der Waals surface area contributed by atoms with Gasteiger partial charge < -0.3 is 15.5 Å². The van der Waals surface area contributed by atoms with E-state index in [1.807, 2.05) is 21.6 Å². The Labute approximate surface area is 133 Å². The highest BCUT2D eigenvalue weighted by Gasteiger charge is 2.15. The number of phenols is 1. The van der Waals surface area contributed by atoms with E-state index in [2.05, 4.69) is 5.32 Å². The van der Waals surface area contributed by atoms with Crippen LogP contribution in [0.2, 0.25) is 0 Å². The first-order chi connectivity index (χ1) is 10.2. The first-order valence-corrected chi connectivity index (χ1v) is 9.63. The molecule has 1 aromatic carbocycles. The Balaban J connectivity index is 1.64. The summed E-state index contributed by atoms with van der Waals surface area (Å²) in [5.74, 6) is -0.00743. The van der Waals surface area contributed by atoms with Gasteiger partial charge in [0.1, 0.15) is 11.3 Å². The minimum Gasteiger partial charge on any atom is -0.507 e. The molecule has 0 radical (unpaired) electrons. The number of benzene rings is 1. The summed E-state index contributed by atoms with van der Waals surface area (Å²) in [6.45, 7) is 0.830. The second-order valence-corrected chi connectivity index (χ2v) is 7.93. The molecule has 0 aliphatic carbocycles. The number of aromatic hydroxyl groups is 1. The van der Waals surface area contributed by atoms with Gasteiger partial charge in [-0.2, -0.15) is 0 Å². The van der Waals surface area contributed by atoms with E-state index in [0.717, 1.165) is 23.9 Å². The van der Waals surface area contributed by atoms with Crippen LogP contribution in [-0.4, -0.2) is 33.7 Å². The lowest BCUT2D eigenvalue weighted by molar-refractivity contribution is 0.0694. The first-order valence-electron chi connectivity index (χ1n) is 7.25. The van der Waals surface area contributed by atoms with Crippen LogP contribution in [0.1, 0.15) is 42.5 Å². The Morgan fingerprint density at radius 2 is 2.19 bits per heavy atom. The van der Waals surface area contributed by atoms with Gasteiger partial charge in [-0.1, -0.05) is 34.4 Å². The van der Waals surface area contributed by atoms with Crippen LogP contribution in [0.3, 0.4) is 0 Å². The summed E-state index contributed by atoms with van der Waals surface area (Å²) >= 11 is 0. The Bertz CT molecular complexity index is 476. The van der Waals surface area contributed by atoms with Crippen LogP contribution >= 0.6 is 21.6 Å². The van der Waals surface area contributed by atoms with Gasteiger partial charge in [0.2, 0.25) is 0 Å². The van der Waals surface area contributed by atoms with Crippen LogP contribution in [-0.2, 0) is 0 Å². The molecule has 1 aromatic rings.